The minimum atomic E-state index is -1.27. The highest BCUT2D eigenvalue weighted by Crippen LogP contribution is 2.16. The molecule has 2 N–H and O–H groups in total. The maximum absolute atomic E-state index is 11.4. The Morgan fingerprint density at radius 1 is 1.53 bits per heavy atom. The van der Waals surface area contributed by atoms with Crippen molar-refractivity contribution in [2.24, 2.45) is 0 Å². The van der Waals surface area contributed by atoms with Crippen LogP contribution in [0.25, 0.3) is 0 Å². The molecule has 104 valence electrons. The highest BCUT2D eigenvalue weighted by atomic mass is 16.6. The topological polar surface area (TPSA) is 114 Å². The summed E-state index contributed by atoms with van der Waals surface area (Å²) in [7, 11) is 0. The first-order valence-electron chi connectivity index (χ1n) is 5.68. The van der Waals surface area contributed by atoms with Crippen molar-refractivity contribution in [1.82, 2.24) is 9.88 Å². The first-order chi connectivity index (χ1) is 8.81. The van der Waals surface area contributed by atoms with Crippen LogP contribution in [0.2, 0.25) is 0 Å². The van der Waals surface area contributed by atoms with Crippen molar-refractivity contribution in [3.63, 3.8) is 0 Å². The molecule has 0 bridgehead atoms. The minimum Gasteiger partial charge on any atom is -0.477 e. The van der Waals surface area contributed by atoms with Crippen LogP contribution in [0.4, 0.5) is 5.69 Å². The zero-order valence-corrected chi connectivity index (χ0v) is 10.6. The molecule has 0 aromatic carbocycles. The average molecular weight is 269 g/mol. The molecule has 0 atom stereocenters. The predicted octanol–water partition coefficient (Wildman–Crippen LogP) is 1.01. The van der Waals surface area contributed by atoms with E-state index in [2.05, 4.69) is 5.32 Å². The predicted molar refractivity (Wildman–Crippen MR) is 65.9 cm³/mol. The van der Waals surface area contributed by atoms with Crippen molar-refractivity contribution in [2.45, 2.75) is 32.9 Å². The molecule has 1 rings (SSSR count). The average Bonchev–Trinajstić information content (AvgIpc) is 2.69. The lowest BCUT2D eigenvalue weighted by molar-refractivity contribution is -0.384. The van der Waals surface area contributed by atoms with Crippen molar-refractivity contribution in [3.05, 3.63) is 28.1 Å². The molecule has 1 heterocycles. The van der Waals surface area contributed by atoms with E-state index in [9.17, 15) is 19.7 Å². The molecule has 0 radical (unpaired) electrons. The largest absolute Gasteiger partial charge is 0.477 e. The Morgan fingerprint density at radius 2 is 2.16 bits per heavy atom. The number of aryl methyl sites for hydroxylation is 1. The van der Waals surface area contributed by atoms with Crippen LogP contribution in [0, 0.1) is 10.1 Å². The maximum Gasteiger partial charge on any atom is 0.352 e. The highest BCUT2D eigenvalue weighted by molar-refractivity contribution is 5.87. The Balaban J connectivity index is 2.79. The van der Waals surface area contributed by atoms with Gasteiger partial charge in [-0.3, -0.25) is 14.9 Å². The van der Waals surface area contributed by atoms with E-state index in [0.29, 0.717) is 0 Å². The van der Waals surface area contributed by atoms with Gasteiger partial charge in [0, 0.05) is 25.1 Å². The number of nitro groups is 1. The molecule has 1 aromatic heterocycles. The molecule has 0 spiro atoms. The van der Waals surface area contributed by atoms with Crippen molar-refractivity contribution in [3.8, 4) is 0 Å². The van der Waals surface area contributed by atoms with Gasteiger partial charge in [-0.1, -0.05) is 0 Å². The zero-order valence-electron chi connectivity index (χ0n) is 10.6. The van der Waals surface area contributed by atoms with Gasteiger partial charge in [0.25, 0.3) is 5.69 Å². The quantitative estimate of drug-likeness (QED) is 0.590. The first kappa shape index (κ1) is 14.7. The van der Waals surface area contributed by atoms with E-state index in [1.807, 2.05) is 0 Å². The molecule has 19 heavy (non-hydrogen) atoms. The fourth-order valence-corrected chi connectivity index (χ4v) is 1.58. The summed E-state index contributed by atoms with van der Waals surface area (Å²) in [5.41, 5.74) is -0.509. The lowest BCUT2D eigenvalue weighted by atomic mass is 10.3. The standard InChI is InChI=1S/C11H15N3O5/c1-7(2)12-10(15)3-4-13-6-8(14(18)19)5-9(13)11(16)17/h5-7H,3-4H2,1-2H3,(H,12,15)(H,16,17). The number of carbonyl (C=O) groups is 2. The molecule has 1 aromatic rings. The van der Waals surface area contributed by atoms with E-state index in [1.54, 1.807) is 13.8 Å². The van der Waals surface area contributed by atoms with Gasteiger partial charge in [-0.15, -0.1) is 0 Å². The maximum atomic E-state index is 11.4. The van der Waals surface area contributed by atoms with Crippen LogP contribution in [0.15, 0.2) is 12.3 Å². The Kier molecular flexibility index (Phi) is 4.62. The molecule has 8 nitrogen and oxygen atoms in total. The van der Waals surface area contributed by atoms with Crippen LogP contribution in [0.3, 0.4) is 0 Å². The van der Waals surface area contributed by atoms with Crippen LogP contribution >= 0.6 is 0 Å². The molecule has 0 aliphatic rings. The number of hydrogen-bond acceptors (Lipinski definition) is 4. The van der Waals surface area contributed by atoms with Crippen LogP contribution < -0.4 is 5.32 Å². The minimum absolute atomic E-state index is 0.00885. The number of aromatic carboxylic acids is 1. The van der Waals surface area contributed by atoms with Gasteiger partial charge in [-0.2, -0.15) is 0 Å². The monoisotopic (exact) mass is 269 g/mol. The number of hydrogen-bond donors (Lipinski definition) is 2. The van der Waals surface area contributed by atoms with Crippen LogP contribution in [0.5, 0.6) is 0 Å². The summed E-state index contributed by atoms with van der Waals surface area (Å²) >= 11 is 0. The Labute approximate surface area is 109 Å². The number of nitrogens with one attached hydrogen (secondary N) is 1. The third-order valence-electron chi connectivity index (χ3n) is 2.34. The Morgan fingerprint density at radius 3 is 2.63 bits per heavy atom. The van der Waals surface area contributed by atoms with Crippen molar-refractivity contribution in [2.75, 3.05) is 0 Å². The van der Waals surface area contributed by atoms with Crippen molar-refractivity contribution in [1.29, 1.82) is 0 Å². The lowest BCUT2D eigenvalue weighted by Crippen LogP contribution is -2.30. The van der Waals surface area contributed by atoms with E-state index in [1.165, 1.54) is 4.57 Å². The number of carboxylic acids is 1. The number of rotatable bonds is 6. The normalized spacial score (nSPS) is 10.5. The van der Waals surface area contributed by atoms with Gasteiger partial charge < -0.3 is 15.0 Å². The van der Waals surface area contributed by atoms with Gasteiger partial charge in [0.15, 0.2) is 0 Å². The summed E-state index contributed by atoms with van der Waals surface area (Å²) in [5, 5.41) is 22.2. The van der Waals surface area contributed by atoms with E-state index < -0.39 is 10.9 Å². The first-order valence-corrected chi connectivity index (χ1v) is 5.68. The zero-order chi connectivity index (χ0) is 14.6. The summed E-state index contributed by atoms with van der Waals surface area (Å²) in [6.07, 6.45) is 1.18. The summed E-state index contributed by atoms with van der Waals surface area (Å²) in [4.78, 5) is 32.3. The summed E-state index contributed by atoms with van der Waals surface area (Å²) in [6.45, 7) is 3.69. The van der Waals surface area contributed by atoms with Gasteiger partial charge in [-0.25, -0.2) is 4.79 Å². The van der Waals surface area contributed by atoms with Gasteiger partial charge in [0.05, 0.1) is 11.1 Å². The Bertz CT molecular complexity index is 506. The molecule has 0 unspecified atom stereocenters. The second-order valence-corrected chi connectivity index (χ2v) is 4.31. The lowest BCUT2D eigenvalue weighted by Gasteiger charge is -2.09. The summed E-state index contributed by atoms with van der Waals surface area (Å²) < 4.78 is 1.19. The van der Waals surface area contributed by atoms with E-state index in [0.717, 1.165) is 12.3 Å². The summed E-state index contributed by atoms with van der Waals surface area (Å²) in [5.74, 6) is -1.50. The molecule has 0 aliphatic heterocycles. The number of carbonyl (C=O) groups excluding carboxylic acids is 1. The van der Waals surface area contributed by atoms with E-state index in [4.69, 9.17) is 5.11 Å². The number of nitrogens with zero attached hydrogens (tertiary/aromatic N) is 2. The highest BCUT2D eigenvalue weighted by Gasteiger charge is 2.19. The van der Waals surface area contributed by atoms with Gasteiger partial charge >= 0.3 is 5.97 Å². The smallest absolute Gasteiger partial charge is 0.352 e. The van der Waals surface area contributed by atoms with Gasteiger partial charge in [0.2, 0.25) is 5.91 Å². The van der Waals surface area contributed by atoms with Crippen molar-refractivity contribution >= 4 is 17.6 Å². The van der Waals surface area contributed by atoms with Gasteiger partial charge in [-0.05, 0) is 13.8 Å². The van der Waals surface area contributed by atoms with Crippen LogP contribution in [-0.2, 0) is 11.3 Å². The van der Waals surface area contributed by atoms with Crippen LogP contribution in [-0.4, -0.2) is 32.5 Å². The summed E-state index contributed by atoms with van der Waals surface area (Å²) in [6, 6.07) is 0.966. The molecule has 0 aliphatic carbocycles. The van der Waals surface area contributed by atoms with Crippen LogP contribution in [0.1, 0.15) is 30.8 Å². The van der Waals surface area contributed by atoms with E-state index >= 15 is 0 Å². The Hall–Kier alpha value is -2.38. The number of aromatic nitrogens is 1. The van der Waals surface area contributed by atoms with Gasteiger partial charge in [0.1, 0.15) is 5.69 Å². The molecule has 0 saturated carbocycles. The second kappa shape index (κ2) is 5.98. The van der Waals surface area contributed by atoms with E-state index in [-0.39, 0.29) is 36.3 Å². The fourth-order valence-electron chi connectivity index (χ4n) is 1.58. The number of amides is 1. The molecule has 0 fully saturated rings. The fraction of sp³-hybridized carbons (Fsp3) is 0.455. The molecule has 1 amide bonds. The third kappa shape index (κ3) is 4.09. The molecule has 8 heteroatoms. The SMILES string of the molecule is CC(C)NC(=O)CCn1cc([N+](=O)[O-])cc1C(=O)O. The molecular weight excluding hydrogens is 254 g/mol. The third-order valence-corrected chi connectivity index (χ3v) is 2.34. The molecular formula is C11H15N3O5. The van der Waals surface area contributed by atoms with Crippen molar-refractivity contribution < 1.29 is 19.6 Å². The second-order valence-electron chi connectivity index (χ2n) is 4.31. The molecule has 0 saturated heterocycles. The number of carboxylic acid groups (broad SMARTS) is 1.